The number of benzene rings is 2. The molecule has 0 bridgehead atoms. The number of anilines is 1. The molecule has 0 saturated carbocycles. The van der Waals surface area contributed by atoms with Gasteiger partial charge in [0, 0.05) is 31.3 Å². The lowest BCUT2D eigenvalue weighted by atomic mass is 10.0. The largest absolute Gasteiger partial charge is 0.492 e. The van der Waals surface area contributed by atoms with Crippen LogP contribution in [0.25, 0.3) is 0 Å². The minimum atomic E-state index is -0.979. The number of rotatable bonds is 8. The maximum atomic E-state index is 13.2. The molecule has 2 aromatic carbocycles. The van der Waals surface area contributed by atoms with E-state index >= 15 is 0 Å². The summed E-state index contributed by atoms with van der Waals surface area (Å²) in [6.45, 7) is 1.58. The third-order valence-corrected chi connectivity index (χ3v) is 5.49. The van der Waals surface area contributed by atoms with E-state index in [1.807, 2.05) is 31.3 Å². The minimum absolute atomic E-state index is 0.0882. The van der Waals surface area contributed by atoms with Crippen LogP contribution in [0.15, 0.2) is 42.5 Å². The Morgan fingerprint density at radius 3 is 2.69 bits per heavy atom. The number of carbonyl (C=O) groups is 4. The average molecular weight is 436 g/mol. The van der Waals surface area contributed by atoms with Crippen LogP contribution < -0.4 is 20.7 Å². The van der Waals surface area contributed by atoms with Crippen molar-refractivity contribution in [3.63, 3.8) is 0 Å². The van der Waals surface area contributed by atoms with E-state index in [0.29, 0.717) is 18.7 Å². The Labute approximate surface area is 185 Å². The van der Waals surface area contributed by atoms with E-state index in [4.69, 9.17) is 4.74 Å². The Bertz CT molecular complexity index is 1080. The number of hydrogen-bond donors (Lipinski definition) is 3. The van der Waals surface area contributed by atoms with Crippen LogP contribution in [0.2, 0.25) is 0 Å². The van der Waals surface area contributed by atoms with Crippen molar-refractivity contribution < 1.29 is 23.9 Å². The topological polar surface area (TPSA) is 117 Å². The molecule has 1 fully saturated rings. The van der Waals surface area contributed by atoms with Crippen LogP contribution in [0.4, 0.5) is 5.69 Å². The zero-order chi connectivity index (χ0) is 22.7. The quantitative estimate of drug-likeness (QED) is 0.422. The molecule has 1 atom stereocenters. The second-order valence-electron chi connectivity index (χ2n) is 7.62. The van der Waals surface area contributed by atoms with E-state index in [1.54, 1.807) is 18.2 Å². The van der Waals surface area contributed by atoms with Crippen LogP contribution >= 0.6 is 0 Å². The summed E-state index contributed by atoms with van der Waals surface area (Å²) in [7, 11) is 1.85. The fourth-order valence-corrected chi connectivity index (χ4v) is 3.90. The number of nitrogens with zero attached hydrogens (tertiary/aromatic N) is 1. The summed E-state index contributed by atoms with van der Waals surface area (Å²) in [4.78, 5) is 50.8. The Morgan fingerprint density at radius 1 is 1.09 bits per heavy atom. The van der Waals surface area contributed by atoms with Gasteiger partial charge in [0.2, 0.25) is 11.8 Å². The smallest absolute Gasteiger partial charge is 0.262 e. The standard InChI is InChI=1S/C23H24N4O5/c1-24-10-11-32-16-6-3-5-15(12-16)25-13-14-4-2-7-17-20(14)23(31)27(22(17)30)18-8-9-19(28)26-21(18)29/h2-7,12,18,24-25H,8-11,13H2,1H3,(H,26,28,29). The van der Waals surface area contributed by atoms with Gasteiger partial charge in [-0.1, -0.05) is 18.2 Å². The van der Waals surface area contributed by atoms with E-state index in [-0.39, 0.29) is 24.0 Å². The number of fused-ring (bicyclic) bond motifs is 1. The number of imide groups is 2. The highest BCUT2D eigenvalue weighted by Gasteiger charge is 2.45. The molecule has 0 aliphatic carbocycles. The zero-order valence-corrected chi connectivity index (χ0v) is 17.6. The van der Waals surface area contributed by atoms with Crippen LogP contribution in [0.1, 0.15) is 39.1 Å². The number of likely N-dealkylation sites (N-methyl/N-ethyl adjacent to an activating group) is 1. The van der Waals surface area contributed by atoms with E-state index in [2.05, 4.69) is 16.0 Å². The molecule has 9 nitrogen and oxygen atoms in total. The lowest BCUT2D eigenvalue weighted by molar-refractivity contribution is -0.136. The maximum absolute atomic E-state index is 13.2. The number of carbonyl (C=O) groups excluding carboxylic acids is 4. The fourth-order valence-electron chi connectivity index (χ4n) is 3.90. The van der Waals surface area contributed by atoms with Crippen LogP contribution in [0.3, 0.4) is 0 Å². The van der Waals surface area contributed by atoms with Gasteiger partial charge in [-0.3, -0.25) is 29.4 Å². The van der Waals surface area contributed by atoms with Crippen molar-refractivity contribution in [1.82, 2.24) is 15.5 Å². The highest BCUT2D eigenvalue weighted by Crippen LogP contribution is 2.30. The van der Waals surface area contributed by atoms with Crippen LogP contribution in [0, 0.1) is 0 Å². The molecule has 0 aromatic heterocycles. The molecule has 2 heterocycles. The van der Waals surface area contributed by atoms with Crippen LogP contribution in [-0.2, 0) is 16.1 Å². The maximum Gasteiger partial charge on any atom is 0.262 e. The Kier molecular flexibility index (Phi) is 6.18. The Hall–Kier alpha value is -3.72. The molecule has 166 valence electrons. The summed E-state index contributed by atoms with van der Waals surface area (Å²) in [5.41, 5.74) is 2.01. The molecular formula is C23H24N4O5. The first kappa shape index (κ1) is 21.5. The fraction of sp³-hybridized carbons (Fsp3) is 0.304. The highest BCUT2D eigenvalue weighted by atomic mass is 16.5. The van der Waals surface area contributed by atoms with Gasteiger partial charge in [0.05, 0.1) is 11.1 Å². The second-order valence-corrected chi connectivity index (χ2v) is 7.62. The van der Waals surface area contributed by atoms with Crippen molar-refractivity contribution in [2.45, 2.75) is 25.4 Å². The molecule has 2 aromatic rings. The van der Waals surface area contributed by atoms with Gasteiger partial charge in [0.1, 0.15) is 18.4 Å². The van der Waals surface area contributed by atoms with Gasteiger partial charge in [-0.2, -0.15) is 0 Å². The van der Waals surface area contributed by atoms with Crippen molar-refractivity contribution in [1.29, 1.82) is 0 Å². The highest BCUT2D eigenvalue weighted by molar-refractivity contribution is 6.24. The molecule has 0 radical (unpaired) electrons. The van der Waals surface area contributed by atoms with Gasteiger partial charge in [-0.15, -0.1) is 0 Å². The van der Waals surface area contributed by atoms with Crippen molar-refractivity contribution in [3.05, 3.63) is 59.2 Å². The Balaban J connectivity index is 1.51. The van der Waals surface area contributed by atoms with Gasteiger partial charge in [0.25, 0.3) is 11.8 Å². The first-order valence-electron chi connectivity index (χ1n) is 10.4. The molecule has 1 unspecified atom stereocenters. The van der Waals surface area contributed by atoms with Gasteiger partial charge < -0.3 is 15.4 Å². The van der Waals surface area contributed by atoms with Crippen molar-refractivity contribution in [2.75, 3.05) is 25.5 Å². The number of piperidine rings is 1. The summed E-state index contributed by atoms with van der Waals surface area (Å²) in [6, 6.07) is 11.6. The Morgan fingerprint density at radius 2 is 1.91 bits per heavy atom. The first-order chi connectivity index (χ1) is 15.5. The van der Waals surface area contributed by atoms with E-state index in [9.17, 15) is 19.2 Å². The predicted octanol–water partition coefficient (Wildman–Crippen LogP) is 1.30. The number of hydrogen-bond acceptors (Lipinski definition) is 7. The van der Waals surface area contributed by atoms with Crippen molar-refractivity contribution in [3.8, 4) is 5.75 Å². The molecule has 1 saturated heterocycles. The van der Waals surface area contributed by atoms with E-state index < -0.39 is 29.7 Å². The second kappa shape index (κ2) is 9.19. The van der Waals surface area contributed by atoms with Gasteiger partial charge in [-0.25, -0.2) is 0 Å². The molecular weight excluding hydrogens is 412 g/mol. The minimum Gasteiger partial charge on any atom is -0.492 e. The van der Waals surface area contributed by atoms with Gasteiger partial charge in [0.15, 0.2) is 0 Å². The first-order valence-corrected chi connectivity index (χ1v) is 10.4. The van der Waals surface area contributed by atoms with E-state index in [0.717, 1.165) is 22.9 Å². The van der Waals surface area contributed by atoms with Crippen molar-refractivity contribution in [2.24, 2.45) is 0 Å². The SMILES string of the molecule is CNCCOc1cccc(NCc2cccc3c2C(=O)N(C2CCC(=O)NC2=O)C3=O)c1. The van der Waals surface area contributed by atoms with Gasteiger partial charge >= 0.3 is 0 Å². The van der Waals surface area contributed by atoms with Crippen LogP contribution in [0.5, 0.6) is 5.75 Å². The zero-order valence-electron chi connectivity index (χ0n) is 17.6. The third-order valence-electron chi connectivity index (χ3n) is 5.49. The van der Waals surface area contributed by atoms with Crippen molar-refractivity contribution >= 4 is 29.3 Å². The average Bonchev–Trinajstić information content (AvgIpc) is 3.04. The lowest BCUT2D eigenvalue weighted by Crippen LogP contribution is -2.54. The van der Waals surface area contributed by atoms with Gasteiger partial charge in [-0.05, 0) is 37.2 Å². The molecule has 32 heavy (non-hydrogen) atoms. The van der Waals surface area contributed by atoms with Crippen LogP contribution in [-0.4, -0.2) is 54.8 Å². The predicted molar refractivity (Wildman–Crippen MR) is 116 cm³/mol. The third kappa shape index (κ3) is 4.19. The summed E-state index contributed by atoms with van der Waals surface area (Å²) in [6.07, 6.45) is 0.217. The summed E-state index contributed by atoms with van der Waals surface area (Å²) in [5.74, 6) is -1.32. The number of nitrogens with one attached hydrogen (secondary N) is 3. The normalized spacial score (nSPS) is 17.9. The summed E-state index contributed by atoms with van der Waals surface area (Å²) < 4.78 is 5.67. The lowest BCUT2D eigenvalue weighted by Gasteiger charge is -2.27. The molecule has 2 aliphatic heterocycles. The summed E-state index contributed by atoms with van der Waals surface area (Å²) >= 11 is 0. The van der Waals surface area contributed by atoms with E-state index in [1.165, 1.54) is 0 Å². The summed E-state index contributed by atoms with van der Waals surface area (Å²) in [5, 5.41) is 8.49. The molecule has 9 heteroatoms. The molecule has 0 spiro atoms. The molecule has 4 amide bonds. The molecule has 4 rings (SSSR count). The monoisotopic (exact) mass is 436 g/mol. The molecule has 3 N–H and O–H groups in total. The number of ether oxygens (including phenoxy) is 1. The number of amides is 4. The molecule has 2 aliphatic rings.